The first kappa shape index (κ1) is 6.75. The van der Waals surface area contributed by atoms with E-state index < -0.39 is 0 Å². The molecule has 4 nitrogen and oxygen atoms in total. The van der Waals surface area contributed by atoms with Crippen molar-refractivity contribution >= 4 is 35.0 Å². The number of hydrogen-bond acceptors (Lipinski definition) is 3. The standard InChI is InChI=1S/C5H3ClN4S/c6-4-7-1-2-3(9-4)10-5(11)8-2/h1H,(H2,7,8,9,10,11). The van der Waals surface area contributed by atoms with Crippen LogP contribution < -0.4 is 0 Å². The topological polar surface area (TPSA) is 57.4 Å². The second-order valence-corrected chi connectivity index (χ2v) is 2.73. The summed E-state index contributed by atoms with van der Waals surface area (Å²) in [6.07, 6.45) is 1.58. The van der Waals surface area contributed by atoms with E-state index in [1.807, 2.05) is 0 Å². The molecule has 0 bridgehead atoms. The number of nitrogens with one attached hydrogen (secondary N) is 2. The zero-order valence-corrected chi connectivity index (χ0v) is 6.83. The summed E-state index contributed by atoms with van der Waals surface area (Å²) in [6.45, 7) is 0. The van der Waals surface area contributed by atoms with Crippen LogP contribution in [0.4, 0.5) is 0 Å². The van der Waals surface area contributed by atoms with Crippen molar-refractivity contribution in [2.75, 3.05) is 0 Å². The summed E-state index contributed by atoms with van der Waals surface area (Å²) in [5.74, 6) is 0. The molecule has 0 unspecified atom stereocenters. The van der Waals surface area contributed by atoms with Crippen LogP contribution in [0.3, 0.4) is 0 Å². The fraction of sp³-hybridized carbons (Fsp3) is 0. The van der Waals surface area contributed by atoms with Gasteiger partial charge >= 0.3 is 0 Å². The Balaban J connectivity index is 2.92. The average Bonchev–Trinajstić information content (AvgIpc) is 2.27. The van der Waals surface area contributed by atoms with Crippen molar-refractivity contribution in [1.29, 1.82) is 0 Å². The number of halogens is 1. The molecule has 2 aromatic rings. The number of rotatable bonds is 0. The van der Waals surface area contributed by atoms with E-state index in [0.717, 1.165) is 5.52 Å². The molecule has 0 aliphatic rings. The maximum atomic E-state index is 5.54. The first-order valence-electron chi connectivity index (χ1n) is 2.86. The molecule has 2 N–H and O–H groups in total. The zero-order chi connectivity index (χ0) is 7.84. The SMILES string of the molecule is S=c1[nH]c2cnc(Cl)nc2[nH]1. The van der Waals surface area contributed by atoms with Gasteiger partial charge in [-0.1, -0.05) is 0 Å². The Kier molecular flexibility index (Phi) is 1.40. The lowest BCUT2D eigenvalue weighted by Crippen LogP contribution is -1.81. The van der Waals surface area contributed by atoms with E-state index in [0.29, 0.717) is 10.4 Å². The van der Waals surface area contributed by atoms with Crippen molar-refractivity contribution in [2.45, 2.75) is 0 Å². The third-order valence-corrected chi connectivity index (χ3v) is 1.63. The summed E-state index contributed by atoms with van der Waals surface area (Å²) in [5, 5.41) is 0.211. The number of aromatic amines is 2. The summed E-state index contributed by atoms with van der Waals surface area (Å²) >= 11 is 10.4. The van der Waals surface area contributed by atoms with Crippen molar-refractivity contribution in [3.63, 3.8) is 0 Å². The fourth-order valence-corrected chi connectivity index (χ4v) is 1.15. The van der Waals surface area contributed by atoms with Gasteiger partial charge in [0, 0.05) is 0 Å². The summed E-state index contributed by atoms with van der Waals surface area (Å²) in [4.78, 5) is 13.4. The predicted octanol–water partition coefficient (Wildman–Crippen LogP) is 1.67. The molecule has 0 amide bonds. The average molecular weight is 187 g/mol. The summed E-state index contributed by atoms with van der Waals surface area (Å²) in [6, 6.07) is 0. The van der Waals surface area contributed by atoms with Crippen LogP contribution in [0.1, 0.15) is 0 Å². The number of nitrogens with zero attached hydrogens (tertiary/aromatic N) is 2. The molecule has 0 spiro atoms. The molecule has 0 aliphatic heterocycles. The molecule has 2 aromatic heterocycles. The summed E-state index contributed by atoms with van der Waals surface area (Å²) < 4.78 is 0.525. The van der Waals surface area contributed by atoms with Crippen molar-refractivity contribution in [3.8, 4) is 0 Å². The van der Waals surface area contributed by atoms with Crippen molar-refractivity contribution in [1.82, 2.24) is 19.9 Å². The van der Waals surface area contributed by atoms with Gasteiger partial charge in [0.25, 0.3) is 0 Å². The number of hydrogen-bond donors (Lipinski definition) is 2. The molecule has 0 atom stereocenters. The van der Waals surface area contributed by atoms with Gasteiger partial charge < -0.3 is 9.97 Å². The smallest absolute Gasteiger partial charge is 0.224 e. The van der Waals surface area contributed by atoms with Gasteiger partial charge in [-0.2, -0.15) is 4.98 Å². The molecule has 11 heavy (non-hydrogen) atoms. The Bertz CT molecular complexity index is 445. The van der Waals surface area contributed by atoms with Crippen LogP contribution in [0.15, 0.2) is 6.20 Å². The Morgan fingerprint density at radius 1 is 1.45 bits per heavy atom. The highest BCUT2D eigenvalue weighted by Gasteiger charge is 1.97. The van der Waals surface area contributed by atoms with E-state index in [-0.39, 0.29) is 5.28 Å². The van der Waals surface area contributed by atoms with Crippen LogP contribution in [0.2, 0.25) is 5.28 Å². The molecular formula is C5H3ClN4S. The quantitative estimate of drug-likeness (QED) is 0.486. The largest absolute Gasteiger partial charge is 0.328 e. The van der Waals surface area contributed by atoms with Gasteiger partial charge in [-0.15, -0.1) is 0 Å². The molecule has 0 radical (unpaired) electrons. The second-order valence-electron chi connectivity index (χ2n) is 1.98. The maximum Gasteiger partial charge on any atom is 0.224 e. The third kappa shape index (κ3) is 1.12. The monoisotopic (exact) mass is 186 g/mol. The highest BCUT2D eigenvalue weighted by molar-refractivity contribution is 7.71. The van der Waals surface area contributed by atoms with E-state index in [1.54, 1.807) is 6.20 Å². The molecule has 2 heterocycles. The predicted molar refractivity (Wildman–Crippen MR) is 44.1 cm³/mol. The highest BCUT2D eigenvalue weighted by atomic mass is 35.5. The van der Waals surface area contributed by atoms with Gasteiger partial charge in [0.1, 0.15) is 5.52 Å². The zero-order valence-electron chi connectivity index (χ0n) is 5.26. The number of aromatic nitrogens is 4. The normalized spacial score (nSPS) is 10.6. The van der Waals surface area contributed by atoms with Crippen molar-refractivity contribution in [3.05, 3.63) is 16.3 Å². The van der Waals surface area contributed by atoms with E-state index in [4.69, 9.17) is 23.8 Å². The second kappa shape index (κ2) is 2.28. The van der Waals surface area contributed by atoms with E-state index in [1.165, 1.54) is 0 Å². The molecule has 0 fully saturated rings. The summed E-state index contributed by atoms with van der Waals surface area (Å²) in [5.41, 5.74) is 1.40. The number of H-pyrrole nitrogens is 2. The van der Waals surface area contributed by atoms with Crippen LogP contribution in [-0.2, 0) is 0 Å². The van der Waals surface area contributed by atoms with Crippen LogP contribution in [0, 0.1) is 4.77 Å². The number of fused-ring (bicyclic) bond motifs is 1. The van der Waals surface area contributed by atoms with Crippen LogP contribution >= 0.6 is 23.8 Å². The minimum Gasteiger partial charge on any atom is -0.328 e. The minimum atomic E-state index is 0.211. The van der Waals surface area contributed by atoms with Gasteiger partial charge in [-0.3, -0.25) is 0 Å². The van der Waals surface area contributed by atoms with Gasteiger partial charge in [-0.25, -0.2) is 4.98 Å². The van der Waals surface area contributed by atoms with E-state index >= 15 is 0 Å². The third-order valence-electron chi connectivity index (χ3n) is 1.24. The first-order valence-corrected chi connectivity index (χ1v) is 3.65. The van der Waals surface area contributed by atoms with E-state index in [9.17, 15) is 0 Å². The lowest BCUT2D eigenvalue weighted by molar-refractivity contribution is 1.20. The molecule has 56 valence electrons. The molecule has 0 aromatic carbocycles. The minimum absolute atomic E-state index is 0.211. The maximum absolute atomic E-state index is 5.54. The van der Waals surface area contributed by atoms with Crippen LogP contribution in [0.25, 0.3) is 11.2 Å². The van der Waals surface area contributed by atoms with Crippen molar-refractivity contribution < 1.29 is 0 Å². The summed E-state index contributed by atoms with van der Waals surface area (Å²) in [7, 11) is 0. The Morgan fingerprint density at radius 3 is 3.09 bits per heavy atom. The van der Waals surface area contributed by atoms with Gasteiger partial charge in [0.15, 0.2) is 10.4 Å². The van der Waals surface area contributed by atoms with Gasteiger partial charge in [0.05, 0.1) is 6.20 Å². The Labute approximate surface area is 71.6 Å². The highest BCUT2D eigenvalue weighted by Crippen LogP contribution is 2.07. The lowest BCUT2D eigenvalue weighted by Gasteiger charge is -1.86. The van der Waals surface area contributed by atoms with Crippen LogP contribution in [0.5, 0.6) is 0 Å². The lowest BCUT2D eigenvalue weighted by atomic mass is 10.6. The first-order chi connectivity index (χ1) is 5.25. The molecule has 0 aliphatic carbocycles. The molecule has 0 saturated carbocycles. The fourth-order valence-electron chi connectivity index (χ4n) is 0.808. The Hall–Kier alpha value is -0.940. The van der Waals surface area contributed by atoms with Gasteiger partial charge in [0.2, 0.25) is 5.28 Å². The number of imidazole rings is 1. The Morgan fingerprint density at radius 2 is 2.27 bits per heavy atom. The van der Waals surface area contributed by atoms with Crippen molar-refractivity contribution in [2.24, 2.45) is 0 Å². The molecule has 0 saturated heterocycles. The van der Waals surface area contributed by atoms with Gasteiger partial charge in [-0.05, 0) is 23.8 Å². The molecule has 2 rings (SSSR count). The van der Waals surface area contributed by atoms with Crippen LogP contribution in [-0.4, -0.2) is 19.9 Å². The van der Waals surface area contributed by atoms with E-state index in [2.05, 4.69) is 19.9 Å². The molecular weight excluding hydrogens is 184 g/mol. The molecule has 6 heteroatoms.